The zero-order valence-electron chi connectivity index (χ0n) is 5.51. The fourth-order valence-electron chi connectivity index (χ4n) is 1.75. The van der Waals surface area contributed by atoms with E-state index in [1.54, 1.807) is 0 Å². The van der Waals surface area contributed by atoms with Crippen molar-refractivity contribution < 1.29 is 0 Å². The summed E-state index contributed by atoms with van der Waals surface area (Å²) >= 11 is 0. The molecule has 0 spiro atoms. The van der Waals surface area contributed by atoms with Crippen LogP contribution in [0.4, 0.5) is 0 Å². The Kier molecular flexibility index (Phi) is 1.03. The predicted octanol–water partition coefficient (Wildman–Crippen LogP) is 0.571. The van der Waals surface area contributed by atoms with Gasteiger partial charge in [0.25, 0.3) is 0 Å². The van der Waals surface area contributed by atoms with Crippen LogP contribution in [-0.4, -0.2) is 24.5 Å². The second-order valence-electron chi connectivity index (χ2n) is 3.15. The van der Waals surface area contributed by atoms with E-state index in [-0.39, 0.29) is 0 Å². The maximum absolute atomic E-state index is 5.18. The van der Waals surface area contributed by atoms with Gasteiger partial charge in [-0.3, -0.25) is 4.90 Å². The van der Waals surface area contributed by atoms with Crippen LogP contribution in [-0.2, 0) is 0 Å². The summed E-state index contributed by atoms with van der Waals surface area (Å²) in [5.74, 6) is 4.73. The zero-order valence-corrected chi connectivity index (χ0v) is 5.51. The van der Waals surface area contributed by atoms with E-state index < -0.39 is 0 Å². The number of likely N-dealkylation sites (tertiary alicyclic amines) is 1. The molecule has 0 radical (unpaired) electrons. The topological polar surface area (TPSA) is 3.24 Å². The number of nitrogens with zero attached hydrogens (tertiary/aromatic N) is 1. The van der Waals surface area contributed by atoms with Crippen molar-refractivity contribution in [1.82, 2.24) is 4.90 Å². The van der Waals surface area contributed by atoms with Crippen LogP contribution in [0.1, 0.15) is 6.42 Å². The van der Waals surface area contributed by atoms with Crippen molar-refractivity contribution >= 4 is 0 Å². The van der Waals surface area contributed by atoms with Crippen LogP contribution in [0.15, 0.2) is 0 Å². The monoisotopic (exact) mass is 121 g/mol. The highest BCUT2D eigenvalue weighted by Gasteiger charge is 2.44. The summed E-state index contributed by atoms with van der Waals surface area (Å²) in [5.41, 5.74) is 0. The lowest BCUT2D eigenvalue weighted by Gasteiger charge is -2.11. The van der Waals surface area contributed by atoms with Gasteiger partial charge in [-0.2, -0.15) is 0 Å². The van der Waals surface area contributed by atoms with Gasteiger partial charge in [0.2, 0.25) is 0 Å². The molecule has 9 heavy (non-hydrogen) atoms. The Morgan fingerprint density at radius 3 is 2.67 bits per heavy atom. The molecule has 1 nitrogen and oxygen atoms in total. The summed E-state index contributed by atoms with van der Waals surface area (Å²) in [6, 6.07) is 0. The minimum Gasteiger partial charge on any atom is -0.292 e. The molecule has 1 aliphatic carbocycles. The van der Waals surface area contributed by atoms with Crippen LogP contribution in [0, 0.1) is 24.2 Å². The summed E-state index contributed by atoms with van der Waals surface area (Å²) in [5, 5.41) is 0. The Labute approximate surface area is 56.0 Å². The van der Waals surface area contributed by atoms with Crippen LogP contribution in [0.5, 0.6) is 0 Å². The smallest absolute Gasteiger partial charge is 0.0599 e. The van der Waals surface area contributed by atoms with Gasteiger partial charge in [-0.15, -0.1) is 6.42 Å². The number of piperidine rings is 1. The molecule has 0 amide bonds. The van der Waals surface area contributed by atoms with Crippen molar-refractivity contribution in [3.05, 3.63) is 0 Å². The highest BCUT2D eigenvalue weighted by Crippen LogP contribution is 2.44. The second-order valence-corrected chi connectivity index (χ2v) is 3.15. The molecule has 0 aromatic heterocycles. The van der Waals surface area contributed by atoms with Crippen molar-refractivity contribution in [1.29, 1.82) is 0 Å². The summed E-state index contributed by atoms with van der Waals surface area (Å²) in [6.07, 6.45) is 6.65. The maximum atomic E-state index is 5.18. The van der Waals surface area contributed by atoms with E-state index in [1.165, 1.54) is 19.5 Å². The highest BCUT2D eigenvalue weighted by molar-refractivity contribution is 5.00. The molecule has 1 saturated heterocycles. The Hall–Kier alpha value is -0.480. The average Bonchev–Trinajstić information content (AvgIpc) is 2.42. The molecule has 0 aromatic rings. The molecule has 48 valence electrons. The molecule has 1 aliphatic heterocycles. The quantitative estimate of drug-likeness (QED) is 0.458. The average molecular weight is 121 g/mol. The van der Waals surface area contributed by atoms with Crippen LogP contribution >= 0.6 is 0 Å². The van der Waals surface area contributed by atoms with Crippen molar-refractivity contribution in [2.45, 2.75) is 6.42 Å². The molecule has 2 aliphatic rings. The van der Waals surface area contributed by atoms with Crippen molar-refractivity contribution in [2.75, 3.05) is 19.6 Å². The Bertz CT molecular complexity index is 146. The highest BCUT2D eigenvalue weighted by atomic mass is 15.2. The van der Waals surface area contributed by atoms with E-state index >= 15 is 0 Å². The second kappa shape index (κ2) is 1.75. The number of terminal acetylenes is 1. The van der Waals surface area contributed by atoms with E-state index in [0.29, 0.717) is 0 Å². The molecule has 2 rings (SSSR count). The molecule has 2 unspecified atom stereocenters. The van der Waals surface area contributed by atoms with E-state index in [2.05, 4.69) is 10.8 Å². The normalized spacial score (nSPS) is 39.9. The first-order valence-corrected chi connectivity index (χ1v) is 3.56. The number of hydrogen-bond acceptors (Lipinski definition) is 1. The van der Waals surface area contributed by atoms with Gasteiger partial charge in [0, 0.05) is 13.1 Å². The third kappa shape index (κ3) is 0.840. The summed E-state index contributed by atoms with van der Waals surface area (Å²) in [7, 11) is 0. The van der Waals surface area contributed by atoms with Gasteiger partial charge in [-0.25, -0.2) is 0 Å². The van der Waals surface area contributed by atoms with Gasteiger partial charge in [0.15, 0.2) is 0 Å². The summed E-state index contributed by atoms with van der Waals surface area (Å²) in [6.45, 7) is 3.41. The fraction of sp³-hybridized carbons (Fsp3) is 0.750. The Morgan fingerprint density at radius 1 is 1.44 bits per heavy atom. The SMILES string of the molecule is C#CCN1CC2CC2C1. The van der Waals surface area contributed by atoms with Gasteiger partial charge in [-0.05, 0) is 18.3 Å². The van der Waals surface area contributed by atoms with E-state index in [4.69, 9.17) is 6.42 Å². The first-order chi connectivity index (χ1) is 4.40. The van der Waals surface area contributed by atoms with Crippen molar-refractivity contribution in [2.24, 2.45) is 11.8 Å². The molecule has 2 atom stereocenters. The van der Waals surface area contributed by atoms with Crippen molar-refractivity contribution in [3.8, 4) is 12.3 Å². The molecule has 0 aromatic carbocycles. The largest absolute Gasteiger partial charge is 0.292 e. The molecule has 2 fully saturated rings. The lowest BCUT2D eigenvalue weighted by molar-refractivity contribution is 0.343. The Balaban J connectivity index is 1.85. The molecule has 0 bridgehead atoms. The molecule has 1 heterocycles. The molecular weight excluding hydrogens is 110 g/mol. The third-order valence-corrected chi connectivity index (χ3v) is 2.37. The van der Waals surface area contributed by atoms with Crippen molar-refractivity contribution in [3.63, 3.8) is 0 Å². The number of hydrogen-bond donors (Lipinski definition) is 0. The van der Waals surface area contributed by atoms with Gasteiger partial charge in [-0.1, -0.05) is 5.92 Å². The fourth-order valence-corrected chi connectivity index (χ4v) is 1.75. The molecule has 0 N–H and O–H groups in total. The van der Waals surface area contributed by atoms with E-state index in [1.807, 2.05) is 0 Å². The van der Waals surface area contributed by atoms with Crippen LogP contribution in [0.25, 0.3) is 0 Å². The lowest BCUT2D eigenvalue weighted by Crippen LogP contribution is -2.22. The first kappa shape index (κ1) is 5.32. The minimum absolute atomic E-state index is 0.868. The number of rotatable bonds is 1. The summed E-state index contributed by atoms with van der Waals surface area (Å²) < 4.78 is 0. The molecule has 1 heteroatoms. The van der Waals surface area contributed by atoms with E-state index in [0.717, 1.165) is 18.4 Å². The van der Waals surface area contributed by atoms with Crippen LogP contribution in [0.2, 0.25) is 0 Å². The minimum atomic E-state index is 0.868. The van der Waals surface area contributed by atoms with Gasteiger partial charge in [0.05, 0.1) is 6.54 Å². The first-order valence-electron chi connectivity index (χ1n) is 3.56. The molecular formula is C8H11N. The van der Waals surface area contributed by atoms with Crippen LogP contribution in [0.3, 0.4) is 0 Å². The standard InChI is InChI=1S/C8H11N/c1-2-3-9-5-7-4-8(7)6-9/h1,7-8H,3-6H2. The summed E-state index contributed by atoms with van der Waals surface area (Å²) in [4.78, 5) is 2.37. The van der Waals surface area contributed by atoms with E-state index in [9.17, 15) is 0 Å². The van der Waals surface area contributed by atoms with Crippen LogP contribution < -0.4 is 0 Å². The number of fused-ring (bicyclic) bond motifs is 1. The van der Waals surface area contributed by atoms with Gasteiger partial charge < -0.3 is 0 Å². The van der Waals surface area contributed by atoms with Gasteiger partial charge >= 0.3 is 0 Å². The predicted molar refractivity (Wildman–Crippen MR) is 36.9 cm³/mol. The zero-order chi connectivity index (χ0) is 6.27. The molecule has 1 saturated carbocycles. The Morgan fingerprint density at radius 2 is 2.11 bits per heavy atom. The third-order valence-electron chi connectivity index (χ3n) is 2.37. The van der Waals surface area contributed by atoms with Gasteiger partial charge in [0.1, 0.15) is 0 Å². The maximum Gasteiger partial charge on any atom is 0.0599 e. The lowest BCUT2D eigenvalue weighted by atomic mass is 10.4.